The van der Waals surface area contributed by atoms with E-state index in [9.17, 15) is 18.0 Å². The van der Waals surface area contributed by atoms with E-state index in [1.165, 1.54) is 11.8 Å². The van der Waals surface area contributed by atoms with Crippen LogP contribution in [-0.4, -0.2) is 55.8 Å². The van der Waals surface area contributed by atoms with Crippen molar-refractivity contribution in [3.05, 3.63) is 23.8 Å². The molecule has 7 nitrogen and oxygen atoms in total. The van der Waals surface area contributed by atoms with Crippen LogP contribution >= 0.6 is 0 Å². The number of nitrogens with zero attached hydrogens (tertiary/aromatic N) is 1. The monoisotopic (exact) mass is 368 g/mol. The van der Waals surface area contributed by atoms with Crippen LogP contribution in [0.15, 0.2) is 18.2 Å². The topological polar surface area (TPSA) is 92.8 Å². The third-order valence-electron chi connectivity index (χ3n) is 4.18. The van der Waals surface area contributed by atoms with Gasteiger partial charge >= 0.3 is 6.03 Å². The van der Waals surface area contributed by atoms with Crippen LogP contribution in [0, 0.1) is 0 Å². The van der Waals surface area contributed by atoms with Crippen LogP contribution in [0.2, 0.25) is 0 Å². The number of amides is 2. The Hall–Kier alpha value is -2.09. The molecule has 8 heteroatoms. The first-order valence-electron chi connectivity index (χ1n) is 8.33. The molecule has 0 spiro atoms. The maximum Gasteiger partial charge on any atom is 0.322 e. The molecule has 2 amide bonds. The number of benzene rings is 1. The summed E-state index contributed by atoms with van der Waals surface area (Å²) in [4.78, 5) is 25.8. The number of hydrogen-bond donors (Lipinski definition) is 1. The second-order valence-electron chi connectivity index (χ2n) is 5.97. The summed E-state index contributed by atoms with van der Waals surface area (Å²) in [6.07, 6.45) is 0.440. The fraction of sp³-hybridized carbons (Fsp3) is 0.529. The lowest BCUT2D eigenvalue weighted by Crippen LogP contribution is -2.43. The van der Waals surface area contributed by atoms with Crippen molar-refractivity contribution in [3.8, 4) is 5.75 Å². The van der Waals surface area contributed by atoms with E-state index in [1.807, 2.05) is 6.92 Å². The average Bonchev–Trinajstić information content (AvgIpc) is 2.89. The van der Waals surface area contributed by atoms with Crippen molar-refractivity contribution in [1.29, 1.82) is 0 Å². The van der Waals surface area contributed by atoms with Gasteiger partial charge in [0.05, 0.1) is 23.8 Å². The highest BCUT2D eigenvalue weighted by molar-refractivity contribution is 7.91. The standard InChI is InChI=1S/C17H24N2O5S/c1-4-19(14-8-9-25(22,23)11-14)17(21)18-15-10-13(12(3)20)6-7-16(15)24-5-2/h6-7,10,14H,4-5,8-9,11H2,1-3H3,(H,18,21)/t14-/m0/s1. The van der Waals surface area contributed by atoms with Gasteiger partial charge < -0.3 is 15.0 Å². The van der Waals surface area contributed by atoms with Gasteiger partial charge in [0.25, 0.3) is 0 Å². The summed E-state index contributed by atoms with van der Waals surface area (Å²) in [6.45, 7) is 5.89. The van der Waals surface area contributed by atoms with E-state index < -0.39 is 15.9 Å². The normalized spacial score (nSPS) is 18.6. The number of nitrogens with one attached hydrogen (secondary N) is 1. The third kappa shape index (κ3) is 4.72. The molecule has 0 aromatic heterocycles. The van der Waals surface area contributed by atoms with Gasteiger partial charge in [-0.3, -0.25) is 4.79 Å². The predicted octanol–water partition coefficient (Wildman–Crippen LogP) is 2.33. The molecule has 1 atom stereocenters. The van der Waals surface area contributed by atoms with Crippen molar-refractivity contribution in [2.75, 3.05) is 30.0 Å². The van der Waals surface area contributed by atoms with Gasteiger partial charge in [-0.05, 0) is 45.4 Å². The van der Waals surface area contributed by atoms with Gasteiger partial charge in [0.15, 0.2) is 15.6 Å². The Morgan fingerprint density at radius 3 is 2.56 bits per heavy atom. The average molecular weight is 368 g/mol. The van der Waals surface area contributed by atoms with E-state index in [1.54, 1.807) is 25.1 Å². The Balaban J connectivity index is 2.22. The van der Waals surface area contributed by atoms with Crippen LogP contribution in [0.1, 0.15) is 37.6 Å². The Labute approximate surface area is 148 Å². The zero-order valence-corrected chi connectivity index (χ0v) is 15.6. The minimum Gasteiger partial charge on any atom is -0.492 e. The van der Waals surface area contributed by atoms with E-state index in [4.69, 9.17) is 4.74 Å². The lowest BCUT2D eigenvalue weighted by Gasteiger charge is -2.27. The highest BCUT2D eigenvalue weighted by Crippen LogP contribution is 2.27. The van der Waals surface area contributed by atoms with E-state index in [2.05, 4.69) is 5.32 Å². The third-order valence-corrected chi connectivity index (χ3v) is 5.93. The summed E-state index contributed by atoms with van der Waals surface area (Å²) in [7, 11) is -3.08. The summed E-state index contributed by atoms with van der Waals surface area (Å²) in [5.41, 5.74) is 0.865. The first kappa shape index (κ1) is 19.2. The maximum atomic E-state index is 12.7. The second kappa shape index (κ2) is 7.86. The number of sulfone groups is 1. The maximum absolute atomic E-state index is 12.7. The number of Topliss-reactive ketones (excluding diaryl/α,β-unsaturated/α-hetero) is 1. The van der Waals surface area contributed by atoms with Crippen molar-refractivity contribution in [2.45, 2.75) is 33.2 Å². The number of ketones is 1. The molecular weight excluding hydrogens is 344 g/mol. The molecule has 138 valence electrons. The van der Waals surface area contributed by atoms with E-state index >= 15 is 0 Å². The molecule has 2 rings (SSSR count). The Bertz CT molecular complexity index is 760. The van der Waals surface area contributed by atoms with Crippen LogP contribution in [0.5, 0.6) is 5.75 Å². The molecule has 1 aliphatic rings. The Morgan fingerprint density at radius 2 is 2.04 bits per heavy atom. The van der Waals surface area contributed by atoms with Crippen molar-refractivity contribution >= 4 is 27.3 Å². The van der Waals surface area contributed by atoms with Crippen LogP contribution in [0.4, 0.5) is 10.5 Å². The van der Waals surface area contributed by atoms with Gasteiger partial charge in [0.1, 0.15) is 5.75 Å². The molecule has 1 aromatic carbocycles. The van der Waals surface area contributed by atoms with Crippen molar-refractivity contribution in [2.24, 2.45) is 0 Å². The quantitative estimate of drug-likeness (QED) is 0.778. The molecular formula is C17H24N2O5S. The molecule has 1 aliphatic heterocycles. The number of rotatable bonds is 6. The molecule has 25 heavy (non-hydrogen) atoms. The number of ether oxygens (including phenoxy) is 1. The molecule has 1 saturated heterocycles. The van der Waals surface area contributed by atoms with Crippen molar-refractivity contribution in [1.82, 2.24) is 4.90 Å². The summed E-state index contributed by atoms with van der Waals surface area (Å²) in [5.74, 6) is 0.439. The summed E-state index contributed by atoms with van der Waals surface area (Å²) in [5, 5.41) is 2.76. The summed E-state index contributed by atoms with van der Waals surface area (Å²) >= 11 is 0. The van der Waals surface area contributed by atoms with Gasteiger partial charge in [-0.15, -0.1) is 0 Å². The zero-order chi connectivity index (χ0) is 18.6. The predicted molar refractivity (Wildman–Crippen MR) is 96.1 cm³/mol. The molecule has 0 bridgehead atoms. The van der Waals surface area contributed by atoms with Gasteiger partial charge in [-0.2, -0.15) is 0 Å². The number of carbonyl (C=O) groups is 2. The highest BCUT2D eigenvalue weighted by Gasteiger charge is 2.34. The molecule has 1 heterocycles. The highest BCUT2D eigenvalue weighted by atomic mass is 32.2. The minimum atomic E-state index is -3.08. The first-order valence-corrected chi connectivity index (χ1v) is 10.1. The van der Waals surface area contributed by atoms with E-state index in [0.717, 1.165) is 0 Å². The second-order valence-corrected chi connectivity index (χ2v) is 8.20. The number of urea groups is 1. The number of hydrogen-bond acceptors (Lipinski definition) is 5. The minimum absolute atomic E-state index is 0.0138. The molecule has 1 N–H and O–H groups in total. The smallest absolute Gasteiger partial charge is 0.322 e. The molecule has 0 saturated carbocycles. The lowest BCUT2D eigenvalue weighted by molar-refractivity contribution is 0.101. The zero-order valence-electron chi connectivity index (χ0n) is 14.7. The fourth-order valence-electron chi connectivity index (χ4n) is 2.90. The van der Waals surface area contributed by atoms with Crippen LogP contribution in [0.3, 0.4) is 0 Å². The first-order chi connectivity index (χ1) is 11.8. The largest absolute Gasteiger partial charge is 0.492 e. The van der Waals surface area contributed by atoms with Crippen molar-refractivity contribution < 1.29 is 22.7 Å². The van der Waals surface area contributed by atoms with Gasteiger partial charge in [-0.1, -0.05) is 0 Å². The molecule has 0 unspecified atom stereocenters. The van der Waals surface area contributed by atoms with E-state index in [0.29, 0.717) is 36.6 Å². The SMILES string of the molecule is CCOc1ccc(C(C)=O)cc1NC(=O)N(CC)[C@H]1CCS(=O)(=O)C1. The van der Waals surface area contributed by atoms with Crippen LogP contribution in [0.25, 0.3) is 0 Å². The number of anilines is 1. The van der Waals surface area contributed by atoms with Gasteiger partial charge in [-0.25, -0.2) is 13.2 Å². The number of carbonyl (C=O) groups excluding carboxylic acids is 2. The van der Waals surface area contributed by atoms with Crippen LogP contribution in [-0.2, 0) is 9.84 Å². The van der Waals surface area contributed by atoms with Gasteiger partial charge in [0.2, 0.25) is 0 Å². The Kier molecular flexibility index (Phi) is 6.05. The summed E-state index contributed by atoms with van der Waals surface area (Å²) < 4.78 is 28.9. The molecule has 1 aromatic rings. The lowest BCUT2D eigenvalue weighted by atomic mass is 10.1. The molecule has 1 fully saturated rings. The van der Waals surface area contributed by atoms with Crippen LogP contribution < -0.4 is 10.1 Å². The molecule has 0 aliphatic carbocycles. The Morgan fingerprint density at radius 1 is 1.32 bits per heavy atom. The fourth-order valence-corrected chi connectivity index (χ4v) is 4.63. The summed E-state index contributed by atoms with van der Waals surface area (Å²) in [6, 6.07) is 4.13. The molecule has 0 radical (unpaired) electrons. The van der Waals surface area contributed by atoms with Gasteiger partial charge in [0, 0.05) is 18.2 Å². The van der Waals surface area contributed by atoms with Crippen molar-refractivity contribution in [3.63, 3.8) is 0 Å². The van der Waals surface area contributed by atoms with E-state index in [-0.39, 0.29) is 23.3 Å².